The summed E-state index contributed by atoms with van der Waals surface area (Å²) in [5, 5.41) is 9.45. The van der Waals surface area contributed by atoms with Gasteiger partial charge in [0, 0.05) is 0 Å². The average Bonchev–Trinajstić information content (AvgIpc) is 2.42. The van der Waals surface area contributed by atoms with Crippen LogP contribution in [0, 0.1) is 0 Å². The van der Waals surface area contributed by atoms with Gasteiger partial charge in [0.05, 0.1) is 0 Å². The first-order valence-corrected chi connectivity index (χ1v) is 6.57. The van der Waals surface area contributed by atoms with Gasteiger partial charge in [0.2, 0.25) is 5.60 Å². The summed E-state index contributed by atoms with van der Waals surface area (Å²) in [6.45, 7) is 4.10. The van der Waals surface area contributed by atoms with Crippen molar-refractivity contribution >= 4 is 5.97 Å². The summed E-state index contributed by atoms with van der Waals surface area (Å²) in [6.07, 6.45) is -13.7. The van der Waals surface area contributed by atoms with Gasteiger partial charge in [-0.05, 0) is 19.8 Å². The number of halogens is 8. The highest BCUT2D eigenvalue weighted by molar-refractivity contribution is 5.89. The SMILES string of the molecule is C=C(C(=O)OC(C)(CC)C(F)(F)C(O)(CC)C(F)(F)F)C(F)(F)F. The molecule has 0 aromatic rings. The van der Waals surface area contributed by atoms with Gasteiger partial charge in [-0.15, -0.1) is 0 Å². The van der Waals surface area contributed by atoms with Crippen molar-refractivity contribution in [2.24, 2.45) is 0 Å². The lowest BCUT2D eigenvalue weighted by Gasteiger charge is -2.45. The highest BCUT2D eigenvalue weighted by Gasteiger charge is 2.75. The van der Waals surface area contributed by atoms with Gasteiger partial charge in [0.25, 0.3) is 0 Å². The molecule has 0 saturated heterocycles. The van der Waals surface area contributed by atoms with Gasteiger partial charge in [-0.2, -0.15) is 35.1 Å². The lowest BCUT2D eigenvalue weighted by molar-refractivity contribution is -0.367. The highest BCUT2D eigenvalue weighted by Crippen LogP contribution is 2.51. The van der Waals surface area contributed by atoms with Crippen molar-refractivity contribution in [1.82, 2.24) is 0 Å². The van der Waals surface area contributed by atoms with E-state index in [1.165, 1.54) is 0 Å². The minimum Gasteiger partial charge on any atom is -0.449 e. The number of rotatable bonds is 6. The normalized spacial score (nSPS) is 18.5. The van der Waals surface area contributed by atoms with Crippen LogP contribution in [-0.2, 0) is 9.53 Å². The highest BCUT2D eigenvalue weighted by atomic mass is 19.4. The van der Waals surface area contributed by atoms with E-state index >= 15 is 0 Å². The fraction of sp³-hybridized carbons (Fsp3) is 0.769. The van der Waals surface area contributed by atoms with Gasteiger partial charge in [0.1, 0.15) is 5.57 Å². The molecular formula is C13H16F8O3. The average molecular weight is 372 g/mol. The number of ether oxygens (including phenoxy) is 1. The van der Waals surface area contributed by atoms with Gasteiger partial charge in [-0.3, -0.25) is 0 Å². The largest absolute Gasteiger partial charge is 0.449 e. The van der Waals surface area contributed by atoms with E-state index in [4.69, 9.17) is 0 Å². The van der Waals surface area contributed by atoms with Crippen LogP contribution in [0.15, 0.2) is 12.2 Å². The van der Waals surface area contributed by atoms with Crippen molar-refractivity contribution in [3.8, 4) is 0 Å². The lowest BCUT2D eigenvalue weighted by Crippen LogP contribution is -2.68. The standard InChI is InChI=1S/C13H16F8O3/c1-5-9(4,24-8(22)7(3)11(14,15)16)12(17,18)10(23,6-2)13(19,20)21/h23H,3,5-6H2,1-2,4H3. The minimum absolute atomic E-state index is 0.306. The molecule has 2 unspecified atom stereocenters. The molecule has 2 atom stereocenters. The molecule has 11 heteroatoms. The third kappa shape index (κ3) is 3.65. The number of carbonyl (C=O) groups excluding carboxylic acids is 1. The van der Waals surface area contributed by atoms with E-state index in [1.807, 2.05) is 0 Å². The lowest BCUT2D eigenvalue weighted by atomic mass is 9.79. The Balaban J connectivity index is 5.95. The van der Waals surface area contributed by atoms with E-state index < -0.39 is 53.9 Å². The predicted octanol–water partition coefficient (Wildman–Crippen LogP) is 4.16. The molecule has 0 spiro atoms. The molecule has 24 heavy (non-hydrogen) atoms. The first-order chi connectivity index (χ1) is 10.4. The number of carbonyl (C=O) groups is 1. The Labute approximate surface area is 132 Å². The number of alkyl halides is 8. The van der Waals surface area contributed by atoms with E-state index in [2.05, 4.69) is 11.3 Å². The van der Waals surface area contributed by atoms with Gasteiger partial charge in [0.15, 0.2) is 5.60 Å². The maximum atomic E-state index is 14.4. The van der Waals surface area contributed by atoms with Crippen molar-refractivity contribution in [2.45, 2.75) is 63.1 Å². The predicted molar refractivity (Wildman–Crippen MR) is 66.2 cm³/mol. The third-order valence-electron chi connectivity index (χ3n) is 3.75. The number of hydrogen-bond acceptors (Lipinski definition) is 3. The summed E-state index contributed by atoms with van der Waals surface area (Å²) in [4.78, 5) is 11.3. The number of hydrogen-bond donors (Lipinski definition) is 1. The molecule has 142 valence electrons. The molecule has 0 saturated carbocycles. The van der Waals surface area contributed by atoms with Crippen LogP contribution in [0.2, 0.25) is 0 Å². The van der Waals surface area contributed by atoms with Crippen molar-refractivity contribution < 1.29 is 49.8 Å². The second-order valence-electron chi connectivity index (χ2n) is 5.24. The number of aliphatic hydroxyl groups is 1. The van der Waals surface area contributed by atoms with Crippen LogP contribution in [0.1, 0.15) is 33.6 Å². The molecule has 0 radical (unpaired) electrons. The number of esters is 1. The summed E-state index contributed by atoms with van der Waals surface area (Å²) in [7, 11) is 0. The second-order valence-corrected chi connectivity index (χ2v) is 5.24. The minimum atomic E-state index is -5.82. The van der Waals surface area contributed by atoms with E-state index in [0.717, 1.165) is 6.92 Å². The van der Waals surface area contributed by atoms with Crippen LogP contribution >= 0.6 is 0 Å². The molecule has 0 aromatic carbocycles. The zero-order valence-corrected chi connectivity index (χ0v) is 12.9. The zero-order chi connectivity index (χ0) is 19.8. The summed E-state index contributed by atoms with van der Waals surface area (Å²) < 4.78 is 108. The fourth-order valence-electron chi connectivity index (χ4n) is 1.78. The van der Waals surface area contributed by atoms with E-state index in [0.29, 0.717) is 13.8 Å². The molecule has 0 rings (SSSR count). The topological polar surface area (TPSA) is 46.5 Å². The van der Waals surface area contributed by atoms with Crippen LogP contribution in [0.25, 0.3) is 0 Å². The summed E-state index contributed by atoms with van der Waals surface area (Å²) in [6, 6.07) is 0. The molecule has 0 amide bonds. The van der Waals surface area contributed by atoms with Gasteiger partial charge < -0.3 is 9.84 Å². The van der Waals surface area contributed by atoms with E-state index in [9.17, 15) is 45.0 Å². The first-order valence-electron chi connectivity index (χ1n) is 6.57. The first kappa shape index (κ1) is 22.6. The van der Waals surface area contributed by atoms with Crippen LogP contribution in [-0.4, -0.2) is 40.6 Å². The molecule has 0 heterocycles. The Bertz CT molecular complexity index is 496. The van der Waals surface area contributed by atoms with Crippen molar-refractivity contribution in [3.63, 3.8) is 0 Å². The molecule has 0 aliphatic rings. The quantitative estimate of drug-likeness (QED) is 0.433. The van der Waals surface area contributed by atoms with E-state index in [-0.39, 0.29) is 0 Å². The van der Waals surface area contributed by atoms with Gasteiger partial charge >= 0.3 is 24.2 Å². The Morgan fingerprint density at radius 1 is 1.00 bits per heavy atom. The molecular weight excluding hydrogens is 356 g/mol. The Hall–Kier alpha value is -1.39. The zero-order valence-electron chi connectivity index (χ0n) is 12.9. The summed E-state index contributed by atoms with van der Waals surface area (Å²) >= 11 is 0. The van der Waals surface area contributed by atoms with Crippen LogP contribution < -0.4 is 0 Å². The molecule has 1 N–H and O–H groups in total. The molecule has 0 bridgehead atoms. The second kappa shape index (κ2) is 6.49. The van der Waals surface area contributed by atoms with Crippen LogP contribution in [0.5, 0.6) is 0 Å². The Morgan fingerprint density at radius 3 is 1.67 bits per heavy atom. The molecule has 0 aliphatic carbocycles. The fourth-order valence-corrected chi connectivity index (χ4v) is 1.78. The smallest absolute Gasteiger partial charge is 0.423 e. The van der Waals surface area contributed by atoms with Crippen LogP contribution in [0.3, 0.4) is 0 Å². The van der Waals surface area contributed by atoms with Crippen molar-refractivity contribution in [1.29, 1.82) is 0 Å². The van der Waals surface area contributed by atoms with Crippen molar-refractivity contribution in [2.75, 3.05) is 0 Å². The third-order valence-corrected chi connectivity index (χ3v) is 3.75. The molecule has 0 fully saturated rings. The Kier molecular flexibility index (Phi) is 6.11. The Morgan fingerprint density at radius 2 is 1.42 bits per heavy atom. The summed E-state index contributed by atoms with van der Waals surface area (Å²) in [5.41, 5.74) is -10.1. The van der Waals surface area contributed by atoms with Gasteiger partial charge in [-0.1, -0.05) is 20.4 Å². The molecule has 0 aliphatic heterocycles. The van der Waals surface area contributed by atoms with Crippen LogP contribution in [0.4, 0.5) is 35.1 Å². The maximum Gasteiger partial charge on any atom is 0.423 e. The van der Waals surface area contributed by atoms with E-state index in [1.54, 1.807) is 0 Å². The summed E-state index contributed by atoms with van der Waals surface area (Å²) in [5.74, 6) is -7.49. The monoisotopic (exact) mass is 372 g/mol. The maximum absolute atomic E-state index is 14.4. The van der Waals surface area contributed by atoms with Gasteiger partial charge in [-0.25, -0.2) is 4.79 Å². The molecule has 3 nitrogen and oxygen atoms in total. The molecule has 0 aromatic heterocycles. The van der Waals surface area contributed by atoms with Crippen molar-refractivity contribution in [3.05, 3.63) is 12.2 Å².